The fraction of sp³-hybridized carbons (Fsp3) is 0.231. The molecule has 0 heterocycles. The second-order valence-electron chi connectivity index (χ2n) is 4.37. The number of Topliss-reactive ketones (excluding diaryl/α,β-unsaturated/α-hetero) is 2. The summed E-state index contributed by atoms with van der Waals surface area (Å²) in [5.74, 6) is -14.9. The Kier molecular flexibility index (Phi) is 3.80. The minimum Gasteiger partial charge on any atom is -0.506 e. The van der Waals surface area contributed by atoms with E-state index in [0.717, 1.165) is 0 Å². The van der Waals surface area contributed by atoms with Gasteiger partial charge in [0.2, 0.25) is 5.82 Å². The predicted molar refractivity (Wildman–Crippen MR) is 59.6 cm³/mol. The first-order valence-electron chi connectivity index (χ1n) is 5.78. The van der Waals surface area contributed by atoms with Crippen LogP contribution in [-0.4, -0.2) is 16.7 Å². The predicted octanol–water partition coefficient (Wildman–Crippen LogP) is 2.97. The van der Waals surface area contributed by atoms with Gasteiger partial charge in [0, 0.05) is 12.8 Å². The summed E-state index contributed by atoms with van der Waals surface area (Å²) >= 11 is 0. The lowest BCUT2D eigenvalue weighted by atomic mass is 9.89. The summed E-state index contributed by atoms with van der Waals surface area (Å²) in [4.78, 5) is 23.1. The molecule has 1 fully saturated rings. The first-order chi connectivity index (χ1) is 9.77. The van der Waals surface area contributed by atoms with Crippen molar-refractivity contribution in [2.24, 2.45) is 0 Å². The lowest BCUT2D eigenvalue weighted by molar-refractivity contribution is -0.123. The van der Waals surface area contributed by atoms with Gasteiger partial charge in [0.25, 0.3) is 0 Å². The smallest absolute Gasteiger partial charge is 0.200 e. The van der Waals surface area contributed by atoms with Crippen LogP contribution in [0.25, 0.3) is 5.76 Å². The standard InChI is InChI=1S/C13H7F5O3/c14-8-7(9(15)11(17)12(18)10(8)16)13(21)6-4(19)2-1-3-5(6)20/h21H,1-3H2. The first-order valence-corrected chi connectivity index (χ1v) is 5.78. The molecule has 0 saturated heterocycles. The van der Waals surface area contributed by atoms with Gasteiger partial charge in [-0.2, -0.15) is 0 Å². The molecule has 0 atom stereocenters. The Morgan fingerprint density at radius 3 is 1.57 bits per heavy atom. The van der Waals surface area contributed by atoms with Gasteiger partial charge < -0.3 is 5.11 Å². The molecule has 1 aliphatic rings. The Morgan fingerprint density at radius 1 is 0.762 bits per heavy atom. The second kappa shape index (κ2) is 5.27. The monoisotopic (exact) mass is 306 g/mol. The molecule has 0 aliphatic heterocycles. The zero-order valence-electron chi connectivity index (χ0n) is 10.3. The number of aliphatic hydroxyl groups is 1. The molecule has 1 saturated carbocycles. The second-order valence-corrected chi connectivity index (χ2v) is 4.37. The van der Waals surface area contributed by atoms with Crippen molar-refractivity contribution in [3.8, 4) is 0 Å². The Balaban J connectivity index is 2.77. The molecular formula is C13H7F5O3. The summed E-state index contributed by atoms with van der Waals surface area (Å²) in [6, 6.07) is 0. The molecular weight excluding hydrogens is 299 g/mol. The minimum absolute atomic E-state index is 0.166. The third-order valence-corrected chi connectivity index (χ3v) is 3.05. The molecule has 0 aromatic heterocycles. The SMILES string of the molecule is O=C1CCCC(=O)C1=C(O)c1c(F)c(F)c(F)c(F)c1F. The molecule has 0 radical (unpaired) electrons. The summed E-state index contributed by atoms with van der Waals surface area (Å²) in [5.41, 5.74) is -2.62. The number of ketones is 2. The van der Waals surface area contributed by atoms with Gasteiger partial charge in [-0.15, -0.1) is 0 Å². The van der Waals surface area contributed by atoms with Crippen LogP contribution in [-0.2, 0) is 9.59 Å². The molecule has 21 heavy (non-hydrogen) atoms. The van der Waals surface area contributed by atoms with E-state index in [1.807, 2.05) is 0 Å². The van der Waals surface area contributed by atoms with Crippen LogP contribution in [0.3, 0.4) is 0 Å². The van der Waals surface area contributed by atoms with E-state index in [1.165, 1.54) is 0 Å². The topological polar surface area (TPSA) is 54.4 Å². The molecule has 1 N–H and O–H groups in total. The number of allylic oxidation sites excluding steroid dienone is 1. The van der Waals surface area contributed by atoms with Crippen molar-refractivity contribution in [1.29, 1.82) is 0 Å². The lowest BCUT2D eigenvalue weighted by Gasteiger charge is -2.15. The summed E-state index contributed by atoms with van der Waals surface area (Å²) in [5, 5.41) is 9.69. The van der Waals surface area contributed by atoms with Gasteiger partial charge in [-0.3, -0.25) is 9.59 Å². The number of carbonyl (C=O) groups is 2. The fourth-order valence-corrected chi connectivity index (χ4v) is 2.02. The van der Waals surface area contributed by atoms with Crippen molar-refractivity contribution in [1.82, 2.24) is 0 Å². The molecule has 0 bridgehead atoms. The van der Waals surface area contributed by atoms with Crippen molar-refractivity contribution in [2.75, 3.05) is 0 Å². The van der Waals surface area contributed by atoms with Crippen LogP contribution < -0.4 is 0 Å². The Morgan fingerprint density at radius 2 is 1.14 bits per heavy atom. The molecule has 2 rings (SSSR count). The molecule has 0 spiro atoms. The average molecular weight is 306 g/mol. The van der Waals surface area contributed by atoms with Crippen molar-refractivity contribution in [3.05, 3.63) is 40.2 Å². The molecule has 8 heteroatoms. The number of carbonyl (C=O) groups excluding carboxylic acids is 2. The Labute approximate surface area is 114 Å². The zero-order chi connectivity index (χ0) is 15.9. The van der Waals surface area contributed by atoms with Crippen molar-refractivity contribution in [2.45, 2.75) is 19.3 Å². The molecule has 0 unspecified atom stereocenters. The van der Waals surface area contributed by atoms with E-state index in [4.69, 9.17) is 0 Å². The van der Waals surface area contributed by atoms with Gasteiger partial charge in [0.05, 0.1) is 5.56 Å². The van der Waals surface area contributed by atoms with Crippen LogP contribution in [0.15, 0.2) is 5.57 Å². The van der Waals surface area contributed by atoms with Crippen molar-refractivity contribution < 1.29 is 36.6 Å². The highest BCUT2D eigenvalue weighted by molar-refractivity contribution is 6.25. The molecule has 3 nitrogen and oxygen atoms in total. The van der Waals surface area contributed by atoms with Crippen molar-refractivity contribution in [3.63, 3.8) is 0 Å². The van der Waals surface area contributed by atoms with Gasteiger partial charge in [0.15, 0.2) is 34.8 Å². The van der Waals surface area contributed by atoms with E-state index in [1.54, 1.807) is 0 Å². The van der Waals surface area contributed by atoms with Crippen LogP contribution in [0.2, 0.25) is 0 Å². The molecule has 1 aromatic rings. The molecule has 112 valence electrons. The number of rotatable bonds is 1. The van der Waals surface area contributed by atoms with Gasteiger partial charge in [-0.05, 0) is 6.42 Å². The number of hydrogen-bond acceptors (Lipinski definition) is 3. The van der Waals surface area contributed by atoms with E-state index >= 15 is 0 Å². The third kappa shape index (κ3) is 2.30. The van der Waals surface area contributed by atoms with Crippen LogP contribution >= 0.6 is 0 Å². The normalized spacial score (nSPS) is 15.6. The first kappa shape index (κ1) is 15.1. The largest absolute Gasteiger partial charge is 0.506 e. The van der Waals surface area contributed by atoms with Gasteiger partial charge in [0.1, 0.15) is 11.3 Å². The van der Waals surface area contributed by atoms with Crippen LogP contribution in [0.4, 0.5) is 22.0 Å². The van der Waals surface area contributed by atoms with Crippen LogP contribution in [0, 0.1) is 29.1 Å². The van der Waals surface area contributed by atoms with Crippen molar-refractivity contribution >= 4 is 17.3 Å². The molecule has 1 aliphatic carbocycles. The highest BCUT2D eigenvalue weighted by atomic mass is 19.2. The quantitative estimate of drug-likeness (QED) is 0.217. The van der Waals surface area contributed by atoms with Gasteiger partial charge in [-0.1, -0.05) is 0 Å². The maximum atomic E-state index is 13.5. The summed E-state index contributed by atoms with van der Waals surface area (Å²) in [6.07, 6.45) is -0.146. The third-order valence-electron chi connectivity index (χ3n) is 3.05. The Hall–Kier alpha value is -2.25. The molecule has 1 aromatic carbocycles. The van der Waals surface area contributed by atoms with Gasteiger partial charge in [-0.25, -0.2) is 22.0 Å². The summed E-state index contributed by atoms with van der Waals surface area (Å²) in [7, 11) is 0. The number of hydrogen-bond donors (Lipinski definition) is 1. The minimum atomic E-state index is -2.40. The number of aliphatic hydroxyl groups excluding tert-OH is 1. The number of benzene rings is 1. The Bertz CT molecular complexity index is 647. The zero-order valence-corrected chi connectivity index (χ0v) is 10.3. The van der Waals surface area contributed by atoms with E-state index in [0.29, 0.717) is 0 Å². The van der Waals surface area contributed by atoms with Gasteiger partial charge >= 0.3 is 0 Å². The average Bonchev–Trinajstić information content (AvgIpc) is 2.43. The van der Waals surface area contributed by atoms with E-state index in [2.05, 4.69) is 0 Å². The van der Waals surface area contributed by atoms with Crippen LogP contribution in [0.5, 0.6) is 0 Å². The summed E-state index contributed by atoms with van der Waals surface area (Å²) in [6.45, 7) is 0. The number of halogens is 5. The highest BCUT2D eigenvalue weighted by Gasteiger charge is 2.33. The van der Waals surface area contributed by atoms with E-state index < -0.39 is 57.5 Å². The fourth-order valence-electron chi connectivity index (χ4n) is 2.02. The van der Waals surface area contributed by atoms with E-state index in [-0.39, 0.29) is 19.3 Å². The highest BCUT2D eigenvalue weighted by Crippen LogP contribution is 2.31. The van der Waals surface area contributed by atoms with E-state index in [9.17, 15) is 36.6 Å². The van der Waals surface area contributed by atoms with Crippen LogP contribution in [0.1, 0.15) is 24.8 Å². The maximum Gasteiger partial charge on any atom is 0.200 e. The lowest BCUT2D eigenvalue weighted by Crippen LogP contribution is -2.21. The molecule has 0 amide bonds. The summed E-state index contributed by atoms with van der Waals surface area (Å²) < 4.78 is 66.1. The maximum absolute atomic E-state index is 13.5.